The molecule has 2 N–H and O–H groups in total. The van der Waals surface area contributed by atoms with Crippen LogP contribution in [0.25, 0.3) is 0 Å². The van der Waals surface area contributed by atoms with E-state index < -0.39 is 22.6 Å². The smallest absolute Gasteiger partial charge is 0.327 e. The lowest BCUT2D eigenvalue weighted by atomic mass is 10.0. The van der Waals surface area contributed by atoms with Gasteiger partial charge in [-0.05, 0) is 6.42 Å². The van der Waals surface area contributed by atoms with E-state index in [1.54, 1.807) is 0 Å². The fraction of sp³-hybridized carbons (Fsp3) is 1.00. The van der Waals surface area contributed by atoms with Gasteiger partial charge in [-0.2, -0.15) is 0 Å². The molecular weight excluding hydrogens is 214 g/mol. The first-order chi connectivity index (χ1) is 6.08. The van der Waals surface area contributed by atoms with Gasteiger partial charge in [-0.25, -0.2) is 0 Å². The number of rotatable bonds is 3. The first kappa shape index (κ1) is 11.7. The molecule has 1 rings (SSSR count). The molecule has 78 valence electrons. The molecular formula is C6H14O5P2. The van der Waals surface area contributed by atoms with Gasteiger partial charge >= 0.3 is 8.60 Å². The van der Waals surface area contributed by atoms with Crippen molar-refractivity contribution in [3.05, 3.63) is 0 Å². The average Bonchev–Trinajstić information content (AvgIpc) is 2.09. The van der Waals surface area contributed by atoms with Crippen molar-refractivity contribution in [3.63, 3.8) is 0 Å². The van der Waals surface area contributed by atoms with E-state index in [0.29, 0.717) is 19.6 Å². The highest BCUT2D eigenvalue weighted by Crippen LogP contribution is 2.45. The van der Waals surface area contributed by atoms with Crippen LogP contribution in [0.2, 0.25) is 0 Å². The Labute approximate surface area is 79.9 Å². The SMILES string of the molecule is CCC1(OP(O)O)COP(C)OC1. The van der Waals surface area contributed by atoms with Gasteiger partial charge in [0.2, 0.25) is 0 Å². The molecule has 1 aliphatic heterocycles. The summed E-state index contributed by atoms with van der Waals surface area (Å²) < 4.78 is 15.6. The summed E-state index contributed by atoms with van der Waals surface area (Å²) in [7, 11) is -3.16. The molecule has 0 aromatic carbocycles. The van der Waals surface area contributed by atoms with Crippen molar-refractivity contribution >= 4 is 17.0 Å². The highest BCUT2D eigenvalue weighted by molar-refractivity contribution is 7.46. The summed E-state index contributed by atoms with van der Waals surface area (Å²) >= 11 is 0. The Bertz CT molecular complexity index is 157. The minimum Gasteiger partial charge on any atom is -0.331 e. The van der Waals surface area contributed by atoms with Crippen molar-refractivity contribution < 1.29 is 23.4 Å². The Balaban J connectivity index is 2.50. The normalized spacial score (nSPS) is 35.3. The lowest BCUT2D eigenvalue weighted by Gasteiger charge is -2.37. The molecule has 0 aromatic heterocycles. The van der Waals surface area contributed by atoms with Gasteiger partial charge in [0.15, 0.2) is 8.38 Å². The molecule has 13 heavy (non-hydrogen) atoms. The second-order valence-corrected chi connectivity index (χ2v) is 4.95. The maximum absolute atomic E-state index is 8.76. The van der Waals surface area contributed by atoms with Crippen LogP contribution < -0.4 is 0 Å². The third-order valence-corrected chi connectivity index (χ3v) is 3.47. The minimum absolute atomic E-state index is 0.367. The lowest BCUT2D eigenvalue weighted by molar-refractivity contribution is -0.0523. The molecule has 0 aliphatic carbocycles. The lowest BCUT2D eigenvalue weighted by Crippen LogP contribution is -2.42. The Kier molecular flexibility index (Phi) is 4.46. The first-order valence-electron chi connectivity index (χ1n) is 3.94. The second-order valence-electron chi connectivity index (χ2n) is 2.87. The largest absolute Gasteiger partial charge is 0.331 e. The summed E-state index contributed by atoms with van der Waals surface area (Å²) in [6.07, 6.45) is 0.635. The molecule has 0 unspecified atom stereocenters. The molecule has 1 saturated heterocycles. The van der Waals surface area contributed by atoms with Crippen molar-refractivity contribution in [2.75, 3.05) is 19.9 Å². The minimum atomic E-state index is -2.34. The van der Waals surface area contributed by atoms with Crippen LogP contribution in [-0.4, -0.2) is 35.3 Å². The van der Waals surface area contributed by atoms with Crippen LogP contribution in [-0.2, 0) is 13.6 Å². The zero-order chi connectivity index (χ0) is 9.90. The summed E-state index contributed by atoms with van der Waals surface area (Å²) in [6.45, 7) is 4.49. The molecule has 0 amide bonds. The van der Waals surface area contributed by atoms with Gasteiger partial charge in [-0.15, -0.1) is 0 Å². The molecule has 0 atom stereocenters. The molecule has 7 heteroatoms. The van der Waals surface area contributed by atoms with Crippen LogP contribution in [0.4, 0.5) is 0 Å². The number of hydrogen-bond donors (Lipinski definition) is 2. The summed E-state index contributed by atoms with van der Waals surface area (Å²) in [4.78, 5) is 17.5. The Morgan fingerprint density at radius 3 is 2.38 bits per heavy atom. The topological polar surface area (TPSA) is 68.2 Å². The van der Waals surface area contributed by atoms with E-state index in [2.05, 4.69) is 0 Å². The van der Waals surface area contributed by atoms with Gasteiger partial charge in [-0.3, -0.25) is 0 Å². The standard InChI is InChI=1S/C6H14O5P2/c1-3-6(11-13(7)8)4-9-12(2)10-5-6/h7-8H,3-5H2,1-2H3. The van der Waals surface area contributed by atoms with Gasteiger partial charge in [-0.1, -0.05) is 6.92 Å². The fourth-order valence-corrected chi connectivity index (χ4v) is 2.48. The Hall–Kier alpha value is 0.660. The van der Waals surface area contributed by atoms with E-state index in [1.807, 2.05) is 13.6 Å². The van der Waals surface area contributed by atoms with Gasteiger partial charge in [0, 0.05) is 6.66 Å². The predicted octanol–water partition coefficient (Wildman–Crippen LogP) is 1.35. The quantitative estimate of drug-likeness (QED) is 0.713. The average molecular weight is 228 g/mol. The van der Waals surface area contributed by atoms with E-state index in [0.717, 1.165) is 0 Å². The van der Waals surface area contributed by atoms with E-state index in [4.69, 9.17) is 23.4 Å². The summed E-state index contributed by atoms with van der Waals surface area (Å²) in [5.41, 5.74) is -0.677. The van der Waals surface area contributed by atoms with Crippen LogP contribution in [0.1, 0.15) is 13.3 Å². The van der Waals surface area contributed by atoms with Gasteiger partial charge in [0.1, 0.15) is 5.60 Å². The Morgan fingerprint density at radius 1 is 1.46 bits per heavy atom. The van der Waals surface area contributed by atoms with Gasteiger partial charge in [0.25, 0.3) is 0 Å². The zero-order valence-electron chi connectivity index (χ0n) is 7.63. The van der Waals surface area contributed by atoms with Crippen molar-refractivity contribution in [1.82, 2.24) is 0 Å². The molecule has 1 aliphatic rings. The van der Waals surface area contributed by atoms with Crippen LogP contribution in [0.3, 0.4) is 0 Å². The summed E-state index contributed by atoms with van der Waals surface area (Å²) in [5, 5.41) is 0. The van der Waals surface area contributed by atoms with Crippen molar-refractivity contribution in [3.8, 4) is 0 Å². The molecule has 5 nitrogen and oxygen atoms in total. The number of hydrogen-bond acceptors (Lipinski definition) is 5. The highest BCUT2D eigenvalue weighted by atomic mass is 31.2. The summed E-state index contributed by atoms with van der Waals surface area (Å²) in [6, 6.07) is 0. The highest BCUT2D eigenvalue weighted by Gasteiger charge is 2.38. The van der Waals surface area contributed by atoms with Crippen LogP contribution in [0.15, 0.2) is 0 Å². The van der Waals surface area contributed by atoms with E-state index in [1.165, 1.54) is 0 Å². The maximum Gasteiger partial charge on any atom is 0.327 e. The van der Waals surface area contributed by atoms with E-state index in [-0.39, 0.29) is 0 Å². The second kappa shape index (κ2) is 4.94. The van der Waals surface area contributed by atoms with Crippen LogP contribution in [0.5, 0.6) is 0 Å². The van der Waals surface area contributed by atoms with Crippen molar-refractivity contribution in [2.45, 2.75) is 18.9 Å². The fourth-order valence-electron chi connectivity index (χ4n) is 0.991. The third-order valence-electron chi connectivity index (χ3n) is 1.94. The van der Waals surface area contributed by atoms with Crippen molar-refractivity contribution in [1.29, 1.82) is 0 Å². The predicted molar refractivity (Wildman–Crippen MR) is 50.2 cm³/mol. The zero-order valence-corrected chi connectivity index (χ0v) is 9.42. The molecule has 0 spiro atoms. The summed E-state index contributed by atoms with van der Waals surface area (Å²) in [5.74, 6) is 0. The molecule has 0 bridgehead atoms. The van der Waals surface area contributed by atoms with Gasteiger partial charge in [0.05, 0.1) is 13.2 Å². The molecule has 1 heterocycles. The van der Waals surface area contributed by atoms with E-state index in [9.17, 15) is 0 Å². The first-order valence-corrected chi connectivity index (χ1v) is 6.73. The maximum atomic E-state index is 8.76. The monoisotopic (exact) mass is 228 g/mol. The van der Waals surface area contributed by atoms with E-state index >= 15 is 0 Å². The van der Waals surface area contributed by atoms with Gasteiger partial charge < -0.3 is 23.4 Å². The van der Waals surface area contributed by atoms with Crippen molar-refractivity contribution in [2.24, 2.45) is 0 Å². The molecule has 1 fully saturated rings. The molecule has 0 radical (unpaired) electrons. The Morgan fingerprint density at radius 2 is 2.00 bits per heavy atom. The third kappa shape index (κ3) is 3.37. The molecule has 0 saturated carbocycles. The van der Waals surface area contributed by atoms with Crippen LogP contribution >= 0.6 is 17.0 Å². The van der Waals surface area contributed by atoms with Crippen LogP contribution in [0, 0.1) is 0 Å². The molecule has 0 aromatic rings.